The molecule has 0 aliphatic heterocycles. The van der Waals surface area contributed by atoms with Gasteiger partial charge in [0.2, 0.25) is 5.96 Å². The van der Waals surface area contributed by atoms with E-state index >= 15 is 0 Å². The summed E-state index contributed by atoms with van der Waals surface area (Å²) in [7, 11) is -4.06. The molecular formula is C12H16N4O4S. The molecule has 0 spiro atoms. The summed E-state index contributed by atoms with van der Waals surface area (Å²) >= 11 is 0. The van der Waals surface area contributed by atoms with Crippen molar-refractivity contribution in [1.82, 2.24) is 5.32 Å². The number of amides is 1. The van der Waals surface area contributed by atoms with Gasteiger partial charge in [0.25, 0.3) is 15.9 Å². The van der Waals surface area contributed by atoms with E-state index in [-0.39, 0.29) is 17.0 Å². The first-order valence-electron chi connectivity index (χ1n) is 5.89. The van der Waals surface area contributed by atoms with Crippen LogP contribution in [0.15, 0.2) is 38.6 Å². The van der Waals surface area contributed by atoms with Crippen molar-refractivity contribution in [1.29, 1.82) is 0 Å². The van der Waals surface area contributed by atoms with Gasteiger partial charge >= 0.3 is 0 Å². The van der Waals surface area contributed by atoms with Gasteiger partial charge < -0.3 is 16.2 Å². The number of aliphatic hydroxyl groups excluding tert-OH is 1. The summed E-state index contributed by atoms with van der Waals surface area (Å²) in [5, 5.41) is 11.6. The molecule has 0 bridgehead atoms. The molecule has 0 saturated heterocycles. The van der Waals surface area contributed by atoms with Crippen LogP contribution >= 0.6 is 0 Å². The molecule has 0 aliphatic carbocycles. The second-order valence-electron chi connectivity index (χ2n) is 4.17. The van der Waals surface area contributed by atoms with Crippen LogP contribution < -0.4 is 11.1 Å². The molecule has 1 rings (SSSR count). The minimum Gasteiger partial charge on any atom is -0.392 e. The number of aliphatic imine (C=N–C) groups is 1. The number of benzene rings is 1. The minimum atomic E-state index is -4.06. The van der Waals surface area contributed by atoms with Crippen LogP contribution in [0.25, 0.3) is 0 Å². The number of aliphatic hydroxyl groups is 1. The molecular weight excluding hydrogens is 296 g/mol. The fourth-order valence-electron chi connectivity index (χ4n) is 1.34. The van der Waals surface area contributed by atoms with Crippen LogP contribution in [0.1, 0.15) is 17.3 Å². The van der Waals surface area contributed by atoms with Gasteiger partial charge in [-0.25, -0.2) is 4.99 Å². The van der Waals surface area contributed by atoms with Gasteiger partial charge in [0, 0.05) is 12.1 Å². The summed E-state index contributed by atoms with van der Waals surface area (Å²) in [6.45, 7) is 4.64. The van der Waals surface area contributed by atoms with Crippen molar-refractivity contribution in [2.75, 3.05) is 6.54 Å². The van der Waals surface area contributed by atoms with E-state index in [1.165, 1.54) is 25.1 Å². The lowest BCUT2D eigenvalue weighted by molar-refractivity contribution is 0.0924. The summed E-state index contributed by atoms with van der Waals surface area (Å²) in [4.78, 5) is 14.8. The van der Waals surface area contributed by atoms with E-state index in [0.717, 1.165) is 6.07 Å². The maximum Gasteiger partial charge on any atom is 0.285 e. The second kappa shape index (κ2) is 6.95. The normalized spacial score (nSPS) is 13.5. The van der Waals surface area contributed by atoms with Crippen molar-refractivity contribution >= 4 is 28.6 Å². The highest BCUT2D eigenvalue weighted by Crippen LogP contribution is 2.14. The number of hydrogen-bond acceptors (Lipinski definition) is 4. The van der Waals surface area contributed by atoms with Gasteiger partial charge in [-0.1, -0.05) is 6.07 Å². The number of guanidine groups is 1. The van der Waals surface area contributed by atoms with E-state index < -0.39 is 28.0 Å². The van der Waals surface area contributed by atoms with E-state index in [4.69, 9.17) is 10.8 Å². The van der Waals surface area contributed by atoms with Gasteiger partial charge in [-0.15, -0.1) is 4.40 Å². The van der Waals surface area contributed by atoms with Crippen molar-refractivity contribution < 1.29 is 18.3 Å². The molecule has 114 valence electrons. The molecule has 1 atom stereocenters. The Hall–Kier alpha value is -2.26. The number of nitrogens with zero attached hydrogens (tertiary/aromatic N) is 2. The van der Waals surface area contributed by atoms with Gasteiger partial charge in [-0.3, -0.25) is 4.79 Å². The van der Waals surface area contributed by atoms with Crippen LogP contribution in [0, 0.1) is 0 Å². The van der Waals surface area contributed by atoms with Crippen LogP contribution in [-0.4, -0.2) is 44.8 Å². The molecule has 0 heterocycles. The third-order valence-corrected chi connectivity index (χ3v) is 3.60. The third kappa shape index (κ3) is 4.97. The molecule has 0 aliphatic rings. The number of nitrogens with two attached hydrogens (primary N) is 1. The molecule has 1 amide bonds. The first-order chi connectivity index (χ1) is 9.76. The summed E-state index contributed by atoms with van der Waals surface area (Å²) in [5.74, 6) is -0.995. The lowest BCUT2D eigenvalue weighted by Gasteiger charge is -2.08. The second-order valence-corrected chi connectivity index (χ2v) is 5.77. The number of rotatable bonds is 5. The molecule has 1 aromatic rings. The fourth-order valence-corrected chi connectivity index (χ4v) is 2.28. The SMILES string of the molecule is C=NC(N)=NS(=O)(=O)c1cccc(C(=O)NC[C@@H](C)O)c1. The minimum absolute atomic E-state index is 0.0568. The lowest BCUT2D eigenvalue weighted by atomic mass is 10.2. The predicted octanol–water partition coefficient (Wildman–Crippen LogP) is -0.499. The van der Waals surface area contributed by atoms with E-state index in [1.54, 1.807) is 0 Å². The summed E-state index contributed by atoms with van der Waals surface area (Å²) in [6, 6.07) is 5.28. The average molecular weight is 312 g/mol. The Kier molecular flexibility index (Phi) is 5.56. The first kappa shape index (κ1) is 16.8. The molecule has 21 heavy (non-hydrogen) atoms. The number of sulfonamides is 1. The molecule has 0 unspecified atom stereocenters. The molecule has 1 aromatic carbocycles. The maximum absolute atomic E-state index is 11.9. The number of hydrogen-bond donors (Lipinski definition) is 3. The standard InChI is InChI=1S/C12H16N4O4S/c1-8(17)7-15-11(18)9-4-3-5-10(6-9)21(19,20)16-12(13)14-2/h3-6,8,17H,2,7H2,1H3,(H2,13,16)(H,15,18)/t8-/m1/s1. The molecule has 0 radical (unpaired) electrons. The Bertz CT molecular complexity index is 668. The van der Waals surface area contributed by atoms with Crippen molar-refractivity contribution in [3.8, 4) is 0 Å². The fraction of sp³-hybridized carbons (Fsp3) is 0.250. The van der Waals surface area contributed by atoms with E-state index in [0.29, 0.717) is 0 Å². The van der Waals surface area contributed by atoms with Crippen molar-refractivity contribution in [3.05, 3.63) is 29.8 Å². The van der Waals surface area contributed by atoms with Gasteiger partial charge in [0.05, 0.1) is 11.0 Å². The number of carbonyl (C=O) groups is 1. The van der Waals surface area contributed by atoms with E-state index in [1.807, 2.05) is 0 Å². The zero-order chi connectivity index (χ0) is 16.0. The monoisotopic (exact) mass is 312 g/mol. The summed E-state index contributed by atoms with van der Waals surface area (Å²) in [6.07, 6.45) is -0.705. The average Bonchev–Trinajstić information content (AvgIpc) is 2.44. The Morgan fingerprint density at radius 3 is 2.76 bits per heavy atom. The number of nitrogens with one attached hydrogen (secondary N) is 1. The Morgan fingerprint density at radius 2 is 2.19 bits per heavy atom. The molecule has 0 aromatic heterocycles. The summed E-state index contributed by atoms with van der Waals surface area (Å²) in [5.41, 5.74) is 5.33. The zero-order valence-corrected chi connectivity index (χ0v) is 12.2. The Morgan fingerprint density at radius 1 is 1.52 bits per heavy atom. The molecule has 0 fully saturated rings. The third-order valence-electron chi connectivity index (χ3n) is 2.33. The number of carbonyl (C=O) groups excluding carboxylic acids is 1. The largest absolute Gasteiger partial charge is 0.392 e. The highest BCUT2D eigenvalue weighted by atomic mass is 32.2. The van der Waals surface area contributed by atoms with Crippen LogP contribution in [-0.2, 0) is 10.0 Å². The molecule has 4 N–H and O–H groups in total. The summed E-state index contributed by atoms with van der Waals surface area (Å²) < 4.78 is 27.1. The van der Waals surface area contributed by atoms with Crippen molar-refractivity contribution in [3.63, 3.8) is 0 Å². The maximum atomic E-state index is 11.9. The zero-order valence-electron chi connectivity index (χ0n) is 11.4. The van der Waals surface area contributed by atoms with Gasteiger partial charge in [-0.05, 0) is 31.8 Å². The quantitative estimate of drug-likeness (QED) is 0.498. The van der Waals surface area contributed by atoms with Crippen LogP contribution in [0.2, 0.25) is 0 Å². The van der Waals surface area contributed by atoms with Gasteiger partial charge in [0.1, 0.15) is 0 Å². The molecule has 9 heteroatoms. The van der Waals surface area contributed by atoms with E-state index in [2.05, 4.69) is 21.4 Å². The predicted molar refractivity (Wildman–Crippen MR) is 78.8 cm³/mol. The van der Waals surface area contributed by atoms with E-state index in [9.17, 15) is 13.2 Å². The topological polar surface area (TPSA) is 134 Å². The lowest BCUT2D eigenvalue weighted by Crippen LogP contribution is -2.30. The highest BCUT2D eigenvalue weighted by molar-refractivity contribution is 7.90. The highest BCUT2D eigenvalue weighted by Gasteiger charge is 2.16. The van der Waals surface area contributed by atoms with Crippen LogP contribution in [0.5, 0.6) is 0 Å². The van der Waals surface area contributed by atoms with Crippen LogP contribution in [0.3, 0.4) is 0 Å². The molecule has 8 nitrogen and oxygen atoms in total. The van der Waals surface area contributed by atoms with Crippen molar-refractivity contribution in [2.45, 2.75) is 17.9 Å². The molecule has 0 saturated carbocycles. The van der Waals surface area contributed by atoms with Crippen LogP contribution in [0.4, 0.5) is 0 Å². The smallest absolute Gasteiger partial charge is 0.285 e. The Balaban J connectivity index is 3.06. The van der Waals surface area contributed by atoms with Gasteiger partial charge in [-0.2, -0.15) is 8.42 Å². The first-order valence-corrected chi connectivity index (χ1v) is 7.34. The van der Waals surface area contributed by atoms with Crippen molar-refractivity contribution in [2.24, 2.45) is 15.1 Å². The van der Waals surface area contributed by atoms with Gasteiger partial charge in [0.15, 0.2) is 0 Å². The Labute approximate surface area is 122 Å².